The SMILES string of the molecule is CCNC(=NCc1ccc(CN2CCCC(C)C2)cc1)NCC(C)(O)c1cnn(C)c1. The van der Waals surface area contributed by atoms with E-state index >= 15 is 0 Å². The van der Waals surface area contributed by atoms with Crippen LogP contribution in [-0.2, 0) is 25.7 Å². The second-order valence-electron chi connectivity index (χ2n) is 9.02. The highest BCUT2D eigenvalue weighted by atomic mass is 16.3. The van der Waals surface area contributed by atoms with Gasteiger partial charge in [0.05, 0.1) is 19.3 Å². The molecule has 3 N–H and O–H groups in total. The van der Waals surface area contributed by atoms with E-state index in [4.69, 9.17) is 4.99 Å². The van der Waals surface area contributed by atoms with Gasteiger partial charge in [0.1, 0.15) is 5.60 Å². The van der Waals surface area contributed by atoms with E-state index in [0.717, 1.165) is 24.6 Å². The van der Waals surface area contributed by atoms with Gasteiger partial charge in [-0.3, -0.25) is 9.58 Å². The minimum absolute atomic E-state index is 0.345. The number of aryl methyl sites for hydroxylation is 1. The fourth-order valence-corrected chi connectivity index (χ4v) is 4.01. The van der Waals surface area contributed by atoms with E-state index in [1.54, 1.807) is 17.8 Å². The molecule has 0 amide bonds. The van der Waals surface area contributed by atoms with Crippen molar-refractivity contribution in [3.05, 3.63) is 53.3 Å². The quantitative estimate of drug-likeness (QED) is 0.447. The number of nitrogens with zero attached hydrogens (tertiary/aromatic N) is 4. The molecule has 3 rings (SSSR count). The maximum absolute atomic E-state index is 10.8. The molecule has 0 spiro atoms. The molecule has 1 aromatic carbocycles. The third kappa shape index (κ3) is 7.08. The molecule has 2 atom stereocenters. The summed E-state index contributed by atoms with van der Waals surface area (Å²) in [5.74, 6) is 1.50. The molecule has 7 heteroatoms. The molecule has 0 saturated carbocycles. The van der Waals surface area contributed by atoms with Crippen LogP contribution in [0.15, 0.2) is 41.7 Å². The van der Waals surface area contributed by atoms with E-state index in [2.05, 4.69) is 51.8 Å². The number of piperidine rings is 1. The highest BCUT2D eigenvalue weighted by molar-refractivity contribution is 5.79. The lowest BCUT2D eigenvalue weighted by Crippen LogP contribution is -2.44. The first-order valence-corrected chi connectivity index (χ1v) is 11.4. The van der Waals surface area contributed by atoms with Gasteiger partial charge in [-0.05, 0) is 50.3 Å². The lowest BCUT2D eigenvalue weighted by Gasteiger charge is -2.30. The van der Waals surface area contributed by atoms with E-state index in [9.17, 15) is 5.11 Å². The number of aromatic nitrogens is 2. The fourth-order valence-electron chi connectivity index (χ4n) is 4.01. The van der Waals surface area contributed by atoms with E-state index in [-0.39, 0.29) is 0 Å². The van der Waals surface area contributed by atoms with Crippen LogP contribution in [0, 0.1) is 5.92 Å². The van der Waals surface area contributed by atoms with Gasteiger partial charge in [-0.2, -0.15) is 5.10 Å². The topological polar surface area (TPSA) is 77.7 Å². The second-order valence-corrected chi connectivity index (χ2v) is 9.02. The molecule has 2 aromatic rings. The van der Waals surface area contributed by atoms with Crippen molar-refractivity contribution in [2.24, 2.45) is 18.0 Å². The molecule has 1 aliphatic rings. The molecule has 0 bridgehead atoms. The first kappa shape index (κ1) is 23.3. The number of hydrogen-bond donors (Lipinski definition) is 3. The Balaban J connectivity index is 1.54. The van der Waals surface area contributed by atoms with Gasteiger partial charge in [-0.25, -0.2) is 4.99 Å². The zero-order valence-corrected chi connectivity index (χ0v) is 19.4. The molecule has 0 aliphatic carbocycles. The molecule has 1 saturated heterocycles. The number of guanidine groups is 1. The maximum atomic E-state index is 10.8. The normalized spacial score (nSPS) is 19.8. The molecular formula is C24H38N6O. The third-order valence-corrected chi connectivity index (χ3v) is 5.86. The molecule has 1 aliphatic heterocycles. The Labute approximate surface area is 186 Å². The van der Waals surface area contributed by atoms with Gasteiger partial charge in [0.2, 0.25) is 0 Å². The Morgan fingerprint density at radius 3 is 2.65 bits per heavy atom. The number of aliphatic imine (C=N–C) groups is 1. The van der Waals surface area contributed by atoms with Crippen LogP contribution in [0.5, 0.6) is 0 Å². The Morgan fingerprint density at radius 2 is 2.00 bits per heavy atom. The van der Waals surface area contributed by atoms with Crippen molar-refractivity contribution in [1.29, 1.82) is 0 Å². The number of nitrogens with one attached hydrogen (secondary N) is 2. The van der Waals surface area contributed by atoms with Crippen molar-refractivity contribution in [1.82, 2.24) is 25.3 Å². The number of likely N-dealkylation sites (tertiary alicyclic amines) is 1. The molecule has 2 unspecified atom stereocenters. The van der Waals surface area contributed by atoms with Crippen molar-refractivity contribution in [3.8, 4) is 0 Å². The largest absolute Gasteiger partial charge is 0.383 e. The van der Waals surface area contributed by atoms with Crippen LogP contribution in [0.1, 0.15) is 50.3 Å². The average Bonchev–Trinajstić information content (AvgIpc) is 3.19. The van der Waals surface area contributed by atoms with E-state index in [0.29, 0.717) is 19.0 Å². The summed E-state index contributed by atoms with van der Waals surface area (Å²) in [6, 6.07) is 8.78. The zero-order chi connectivity index (χ0) is 22.3. The molecule has 31 heavy (non-hydrogen) atoms. The van der Waals surface area contributed by atoms with Crippen LogP contribution in [0.2, 0.25) is 0 Å². The Bertz CT molecular complexity index is 842. The fraction of sp³-hybridized carbons (Fsp3) is 0.583. The Kier molecular flexibility index (Phi) is 8.09. The minimum atomic E-state index is -1.03. The summed E-state index contributed by atoms with van der Waals surface area (Å²) in [6.07, 6.45) is 6.19. The molecule has 170 valence electrons. The summed E-state index contributed by atoms with van der Waals surface area (Å²) < 4.78 is 1.69. The number of rotatable bonds is 8. The van der Waals surface area contributed by atoms with Crippen molar-refractivity contribution in [2.75, 3.05) is 26.2 Å². The first-order valence-electron chi connectivity index (χ1n) is 11.4. The molecule has 1 fully saturated rings. The number of hydrogen-bond acceptors (Lipinski definition) is 4. The van der Waals surface area contributed by atoms with Gasteiger partial charge >= 0.3 is 0 Å². The van der Waals surface area contributed by atoms with Gasteiger partial charge in [-0.1, -0.05) is 31.2 Å². The van der Waals surface area contributed by atoms with Crippen LogP contribution in [0.25, 0.3) is 0 Å². The standard InChI is InChI=1S/C24H38N6O/c1-5-25-23(27-18-24(3,31)22-14-28-29(4)17-22)26-13-20-8-10-21(11-9-20)16-30-12-6-7-19(2)15-30/h8-11,14,17,19,31H,5-7,12-13,15-16,18H2,1-4H3,(H2,25,26,27). The lowest BCUT2D eigenvalue weighted by atomic mass is 9.99. The molecular weight excluding hydrogens is 388 g/mol. The maximum Gasteiger partial charge on any atom is 0.191 e. The van der Waals surface area contributed by atoms with Crippen molar-refractivity contribution in [2.45, 2.75) is 52.3 Å². The smallest absolute Gasteiger partial charge is 0.191 e. The van der Waals surface area contributed by atoms with E-state index in [1.165, 1.54) is 37.1 Å². The van der Waals surface area contributed by atoms with Crippen molar-refractivity contribution < 1.29 is 5.11 Å². The highest BCUT2D eigenvalue weighted by Crippen LogP contribution is 2.19. The van der Waals surface area contributed by atoms with Crippen molar-refractivity contribution in [3.63, 3.8) is 0 Å². The summed E-state index contributed by atoms with van der Waals surface area (Å²) in [5, 5.41) is 21.4. The summed E-state index contributed by atoms with van der Waals surface area (Å²) in [7, 11) is 1.84. The summed E-state index contributed by atoms with van der Waals surface area (Å²) in [6.45, 7) is 11.3. The van der Waals surface area contributed by atoms with E-state index in [1.807, 2.05) is 20.2 Å². The number of aliphatic hydroxyl groups is 1. The predicted octanol–water partition coefficient (Wildman–Crippen LogP) is 2.61. The van der Waals surface area contributed by atoms with Crippen LogP contribution in [0.4, 0.5) is 0 Å². The van der Waals surface area contributed by atoms with Gasteiger partial charge in [0.25, 0.3) is 0 Å². The second kappa shape index (κ2) is 10.8. The molecule has 2 heterocycles. The van der Waals surface area contributed by atoms with Crippen LogP contribution in [0.3, 0.4) is 0 Å². The summed E-state index contributed by atoms with van der Waals surface area (Å²) >= 11 is 0. The number of benzene rings is 1. The molecule has 7 nitrogen and oxygen atoms in total. The first-order chi connectivity index (χ1) is 14.9. The Hall–Kier alpha value is -2.38. The van der Waals surface area contributed by atoms with Crippen molar-refractivity contribution >= 4 is 5.96 Å². The van der Waals surface area contributed by atoms with Gasteiger partial charge in [0.15, 0.2) is 5.96 Å². The average molecular weight is 427 g/mol. The zero-order valence-electron chi connectivity index (χ0n) is 19.4. The van der Waals surface area contributed by atoms with Crippen LogP contribution in [-0.4, -0.2) is 51.9 Å². The minimum Gasteiger partial charge on any atom is -0.383 e. The van der Waals surface area contributed by atoms with Gasteiger partial charge in [0, 0.05) is 38.4 Å². The van der Waals surface area contributed by atoms with Crippen LogP contribution >= 0.6 is 0 Å². The highest BCUT2D eigenvalue weighted by Gasteiger charge is 2.25. The molecule has 0 radical (unpaired) electrons. The Morgan fingerprint density at radius 1 is 1.26 bits per heavy atom. The predicted molar refractivity (Wildman–Crippen MR) is 126 cm³/mol. The van der Waals surface area contributed by atoms with Crippen LogP contribution < -0.4 is 10.6 Å². The van der Waals surface area contributed by atoms with Gasteiger partial charge in [-0.15, -0.1) is 0 Å². The van der Waals surface area contributed by atoms with Gasteiger partial charge < -0.3 is 15.7 Å². The molecule has 1 aromatic heterocycles. The third-order valence-electron chi connectivity index (χ3n) is 5.86. The van der Waals surface area contributed by atoms with E-state index < -0.39 is 5.60 Å². The monoisotopic (exact) mass is 426 g/mol. The summed E-state index contributed by atoms with van der Waals surface area (Å²) in [4.78, 5) is 7.25. The lowest BCUT2D eigenvalue weighted by molar-refractivity contribution is 0.0616. The summed E-state index contributed by atoms with van der Waals surface area (Å²) in [5.41, 5.74) is 2.28.